The molecule has 3 rings (SSSR count). The van der Waals surface area contributed by atoms with Gasteiger partial charge in [-0.25, -0.2) is 4.79 Å². The first kappa shape index (κ1) is 21.7. The topological polar surface area (TPSA) is 63.2 Å². The molecule has 0 aromatic heterocycles. The van der Waals surface area contributed by atoms with Crippen molar-refractivity contribution in [3.05, 3.63) is 65.7 Å². The van der Waals surface area contributed by atoms with E-state index in [1.807, 2.05) is 54.6 Å². The van der Waals surface area contributed by atoms with Crippen LogP contribution >= 0.6 is 0 Å². The van der Waals surface area contributed by atoms with Crippen molar-refractivity contribution in [2.45, 2.75) is 39.4 Å². The molecule has 1 aliphatic rings. The molecular formula is C24H28O6. The minimum absolute atomic E-state index is 0.109. The summed E-state index contributed by atoms with van der Waals surface area (Å²) in [4.78, 5) is 11.8. The van der Waals surface area contributed by atoms with Crippen molar-refractivity contribution in [1.82, 2.24) is 0 Å². The van der Waals surface area contributed by atoms with Gasteiger partial charge in [-0.1, -0.05) is 36.4 Å². The van der Waals surface area contributed by atoms with Gasteiger partial charge in [0.1, 0.15) is 12.2 Å². The van der Waals surface area contributed by atoms with E-state index in [0.717, 1.165) is 22.4 Å². The van der Waals surface area contributed by atoms with Crippen LogP contribution in [-0.4, -0.2) is 31.8 Å². The van der Waals surface area contributed by atoms with E-state index in [-0.39, 0.29) is 13.4 Å². The van der Waals surface area contributed by atoms with E-state index in [1.165, 1.54) is 0 Å². The SMILES string of the molecule is CC(C)(C)OC(=O)OC/C=C(/CCOCc1ccccc1)c1ccc2c(c1)OCO2. The van der Waals surface area contributed by atoms with Gasteiger partial charge in [-0.3, -0.25) is 0 Å². The second-order valence-electron chi connectivity index (χ2n) is 7.86. The predicted molar refractivity (Wildman–Crippen MR) is 113 cm³/mol. The molecule has 0 radical (unpaired) electrons. The van der Waals surface area contributed by atoms with Crippen molar-refractivity contribution in [2.24, 2.45) is 0 Å². The highest BCUT2D eigenvalue weighted by Crippen LogP contribution is 2.35. The molecule has 2 aromatic carbocycles. The van der Waals surface area contributed by atoms with Crippen molar-refractivity contribution < 1.29 is 28.5 Å². The molecule has 0 fully saturated rings. The third-order valence-corrected chi connectivity index (χ3v) is 4.29. The summed E-state index contributed by atoms with van der Waals surface area (Å²) in [5, 5.41) is 0. The molecule has 0 saturated carbocycles. The van der Waals surface area contributed by atoms with Gasteiger partial charge < -0.3 is 23.7 Å². The van der Waals surface area contributed by atoms with Gasteiger partial charge >= 0.3 is 6.16 Å². The maximum Gasteiger partial charge on any atom is 0.509 e. The Hall–Kier alpha value is -2.99. The molecule has 30 heavy (non-hydrogen) atoms. The Morgan fingerprint density at radius 2 is 1.83 bits per heavy atom. The number of rotatable bonds is 8. The Kier molecular flexibility index (Phi) is 7.36. The van der Waals surface area contributed by atoms with E-state index in [2.05, 4.69) is 0 Å². The molecule has 0 atom stereocenters. The molecule has 2 aromatic rings. The van der Waals surface area contributed by atoms with Crippen molar-refractivity contribution in [3.63, 3.8) is 0 Å². The zero-order valence-electron chi connectivity index (χ0n) is 17.7. The minimum Gasteiger partial charge on any atom is -0.454 e. The predicted octanol–water partition coefficient (Wildman–Crippen LogP) is 5.36. The molecule has 0 N–H and O–H groups in total. The summed E-state index contributed by atoms with van der Waals surface area (Å²) in [5.41, 5.74) is 2.49. The Balaban J connectivity index is 1.61. The van der Waals surface area contributed by atoms with Gasteiger partial charge in [0.05, 0.1) is 13.2 Å². The van der Waals surface area contributed by atoms with Crippen molar-refractivity contribution in [1.29, 1.82) is 0 Å². The summed E-state index contributed by atoms with van der Waals surface area (Å²) in [6.45, 7) is 6.80. The zero-order valence-corrected chi connectivity index (χ0v) is 17.7. The van der Waals surface area contributed by atoms with Crippen LogP contribution in [-0.2, 0) is 20.8 Å². The first-order valence-electron chi connectivity index (χ1n) is 9.97. The Morgan fingerprint density at radius 3 is 2.60 bits per heavy atom. The molecule has 0 amide bonds. The third kappa shape index (κ3) is 6.81. The van der Waals surface area contributed by atoms with Gasteiger partial charge in [-0.05, 0) is 62.1 Å². The lowest BCUT2D eigenvalue weighted by molar-refractivity contribution is -0.00238. The lowest BCUT2D eigenvalue weighted by Crippen LogP contribution is -2.24. The summed E-state index contributed by atoms with van der Waals surface area (Å²) >= 11 is 0. The highest BCUT2D eigenvalue weighted by Gasteiger charge is 2.18. The van der Waals surface area contributed by atoms with Crippen LogP contribution in [0.4, 0.5) is 4.79 Å². The van der Waals surface area contributed by atoms with Crippen molar-refractivity contribution in [2.75, 3.05) is 20.0 Å². The fraction of sp³-hybridized carbons (Fsp3) is 0.375. The summed E-state index contributed by atoms with van der Waals surface area (Å²) < 4.78 is 27.1. The average molecular weight is 412 g/mol. The van der Waals surface area contributed by atoms with Crippen LogP contribution in [0.3, 0.4) is 0 Å². The van der Waals surface area contributed by atoms with Gasteiger partial charge in [0, 0.05) is 0 Å². The largest absolute Gasteiger partial charge is 0.509 e. The maximum absolute atomic E-state index is 11.8. The standard InChI is InChI=1S/C24H28O6/c1-24(2,3)30-23(25)27-14-12-19(11-13-26-16-18-7-5-4-6-8-18)20-9-10-21-22(15-20)29-17-28-21/h4-10,12,15H,11,13-14,16-17H2,1-3H3/b19-12-. The molecule has 6 nitrogen and oxygen atoms in total. The summed E-state index contributed by atoms with van der Waals surface area (Å²) in [6.07, 6.45) is 1.83. The zero-order chi connectivity index (χ0) is 21.4. The first-order chi connectivity index (χ1) is 14.4. The van der Waals surface area contributed by atoms with Crippen LogP contribution < -0.4 is 9.47 Å². The smallest absolute Gasteiger partial charge is 0.454 e. The van der Waals surface area contributed by atoms with Gasteiger partial charge in [0.25, 0.3) is 0 Å². The van der Waals surface area contributed by atoms with E-state index in [1.54, 1.807) is 20.8 Å². The molecule has 1 heterocycles. The number of fused-ring (bicyclic) bond motifs is 1. The lowest BCUT2D eigenvalue weighted by atomic mass is 10.0. The Morgan fingerprint density at radius 1 is 1.07 bits per heavy atom. The number of hydrogen-bond donors (Lipinski definition) is 0. The summed E-state index contributed by atoms with van der Waals surface area (Å²) in [7, 11) is 0. The van der Waals surface area contributed by atoms with Gasteiger partial charge in [0.2, 0.25) is 6.79 Å². The molecule has 160 valence electrons. The normalized spacial score (nSPS) is 13.2. The summed E-state index contributed by atoms with van der Waals surface area (Å²) in [6, 6.07) is 15.8. The average Bonchev–Trinajstić information content (AvgIpc) is 3.17. The third-order valence-electron chi connectivity index (χ3n) is 4.29. The lowest BCUT2D eigenvalue weighted by Gasteiger charge is -2.18. The fourth-order valence-corrected chi connectivity index (χ4v) is 2.90. The quantitative estimate of drug-likeness (QED) is 0.430. The van der Waals surface area contributed by atoms with Crippen molar-refractivity contribution in [3.8, 4) is 11.5 Å². The molecule has 0 aliphatic carbocycles. The molecule has 0 spiro atoms. The maximum atomic E-state index is 11.8. The Bertz CT molecular complexity index is 867. The van der Waals surface area contributed by atoms with Gasteiger partial charge in [-0.2, -0.15) is 0 Å². The van der Waals surface area contributed by atoms with Crippen LogP contribution in [0.15, 0.2) is 54.6 Å². The number of benzene rings is 2. The molecule has 0 bridgehead atoms. The minimum atomic E-state index is -0.691. The number of hydrogen-bond acceptors (Lipinski definition) is 6. The van der Waals surface area contributed by atoms with Crippen LogP contribution in [0.5, 0.6) is 11.5 Å². The van der Waals surface area contributed by atoms with E-state index in [4.69, 9.17) is 23.7 Å². The van der Waals surface area contributed by atoms with E-state index >= 15 is 0 Å². The van der Waals surface area contributed by atoms with Gasteiger partial charge in [-0.15, -0.1) is 0 Å². The van der Waals surface area contributed by atoms with Crippen LogP contribution in [0, 0.1) is 0 Å². The highest BCUT2D eigenvalue weighted by molar-refractivity contribution is 5.69. The second kappa shape index (κ2) is 10.2. The first-order valence-corrected chi connectivity index (χ1v) is 9.97. The molecular weight excluding hydrogens is 384 g/mol. The molecule has 0 saturated heterocycles. The number of carbonyl (C=O) groups excluding carboxylic acids is 1. The molecule has 1 aliphatic heterocycles. The summed E-state index contributed by atoms with van der Waals surface area (Å²) in [5.74, 6) is 1.43. The van der Waals surface area contributed by atoms with Crippen LogP contribution in [0.1, 0.15) is 38.3 Å². The monoisotopic (exact) mass is 412 g/mol. The number of carbonyl (C=O) groups is 1. The fourth-order valence-electron chi connectivity index (χ4n) is 2.90. The van der Waals surface area contributed by atoms with E-state index in [9.17, 15) is 4.79 Å². The molecule has 6 heteroatoms. The molecule has 0 unspecified atom stereocenters. The van der Waals surface area contributed by atoms with Crippen LogP contribution in [0.25, 0.3) is 5.57 Å². The van der Waals surface area contributed by atoms with Gasteiger partial charge in [0.15, 0.2) is 11.5 Å². The van der Waals surface area contributed by atoms with Crippen molar-refractivity contribution >= 4 is 11.7 Å². The van der Waals surface area contributed by atoms with E-state index < -0.39 is 11.8 Å². The second-order valence-corrected chi connectivity index (χ2v) is 7.86. The Labute approximate surface area is 177 Å². The highest BCUT2D eigenvalue weighted by atomic mass is 16.7. The van der Waals surface area contributed by atoms with E-state index in [0.29, 0.717) is 25.4 Å². The van der Waals surface area contributed by atoms with Crippen LogP contribution in [0.2, 0.25) is 0 Å². The number of ether oxygens (including phenoxy) is 5.